The van der Waals surface area contributed by atoms with Crippen molar-refractivity contribution in [3.8, 4) is 0 Å². The molecule has 0 spiro atoms. The molecule has 2 heterocycles. The van der Waals surface area contributed by atoms with Crippen LogP contribution in [-0.4, -0.2) is 52.9 Å². The van der Waals surface area contributed by atoms with Gasteiger partial charge in [0.25, 0.3) is 5.56 Å². The number of hydrogen-bond donors (Lipinski definition) is 0. The zero-order valence-electron chi connectivity index (χ0n) is 15.6. The number of aromatic nitrogens is 2. The fourth-order valence-electron chi connectivity index (χ4n) is 3.30. The Hall–Kier alpha value is -1.38. The van der Waals surface area contributed by atoms with Crippen LogP contribution in [0, 0.1) is 5.92 Å². The molecule has 1 saturated heterocycles. The molecule has 8 heteroatoms. The van der Waals surface area contributed by atoms with Crippen molar-refractivity contribution in [3.63, 3.8) is 0 Å². The highest BCUT2D eigenvalue weighted by molar-refractivity contribution is 9.10. The zero-order valence-corrected chi connectivity index (χ0v) is 18.0. The third kappa shape index (κ3) is 4.92. The van der Waals surface area contributed by atoms with E-state index >= 15 is 0 Å². The third-order valence-corrected chi connectivity index (χ3v) is 6.19. The van der Waals surface area contributed by atoms with Gasteiger partial charge in [0.05, 0.1) is 29.8 Å². The van der Waals surface area contributed by atoms with E-state index < -0.39 is 0 Å². The molecular formula is C19H24BrN3O3S. The van der Waals surface area contributed by atoms with E-state index in [0.717, 1.165) is 24.0 Å². The summed E-state index contributed by atoms with van der Waals surface area (Å²) < 4.78 is 7.58. The summed E-state index contributed by atoms with van der Waals surface area (Å²) in [4.78, 5) is 32.1. The van der Waals surface area contributed by atoms with Gasteiger partial charge in [-0.05, 0) is 37.0 Å². The van der Waals surface area contributed by atoms with E-state index in [9.17, 15) is 9.59 Å². The number of methoxy groups -OCH3 is 1. The lowest BCUT2D eigenvalue weighted by atomic mass is 10.0. The second-order valence-electron chi connectivity index (χ2n) is 6.88. The number of rotatable bonds is 6. The lowest BCUT2D eigenvalue weighted by molar-refractivity contribution is -0.130. The van der Waals surface area contributed by atoms with E-state index in [1.165, 1.54) is 18.2 Å². The fraction of sp³-hybridized carbons (Fsp3) is 0.526. The summed E-state index contributed by atoms with van der Waals surface area (Å²) in [6.07, 6.45) is 2.23. The van der Waals surface area contributed by atoms with Crippen molar-refractivity contribution in [3.05, 3.63) is 33.0 Å². The number of piperidine rings is 1. The smallest absolute Gasteiger partial charge is 0.262 e. The van der Waals surface area contributed by atoms with Crippen molar-refractivity contribution in [2.45, 2.75) is 31.5 Å². The van der Waals surface area contributed by atoms with Crippen LogP contribution in [0.3, 0.4) is 0 Å². The van der Waals surface area contributed by atoms with Gasteiger partial charge in [0.1, 0.15) is 0 Å². The largest absolute Gasteiger partial charge is 0.383 e. The van der Waals surface area contributed by atoms with E-state index in [0.29, 0.717) is 35.1 Å². The van der Waals surface area contributed by atoms with Crippen LogP contribution >= 0.6 is 27.7 Å². The molecule has 146 valence electrons. The van der Waals surface area contributed by atoms with Crippen molar-refractivity contribution in [2.75, 3.05) is 32.6 Å². The number of carbonyl (C=O) groups is 1. The van der Waals surface area contributed by atoms with Gasteiger partial charge < -0.3 is 9.64 Å². The average Bonchev–Trinajstić information content (AvgIpc) is 2.66. The fourth-order valence-corrected chi connectivity index (χ4v) is 4.59. The Kier molecular flexibility index (Phi) is 6.94. The van der Waals surface area contributed by atoms with Gasteiger partial charge in [-0.15, -0.1) is 0 Å². The van der Waals surface area contributed by atoms with Gasteiger partial charge in [-0.3, -0.25) is 14.2 Å². The van der Waals surface area contributed by atoms with E-state index in [4.69, 9.17) is 4.74 Å². The highest BCUT2D eigenvalue weighted by Crippen LogP contribution is 2.22. The average molecular weight is 454 g/mol. The van der Waals surface area contributed by atoms with Crippen LogP contribution in [0.1, 0.15) is 19.8 Å². The predicted octanol–water partition coefficient (Wildman–Crippen LogP) is 3.16. The molecule has 1 aromatic carbocycles. The maximum atomic E-state index is 12.9. The third-order valence-electron chi connectivity index (χ3n) is 4.73. The van der Waals surface area contributed by atoms with Crippen molar-refractivity contribution >= 4 is 44.5 Å². The molecule has 1 aromatic heterocycles. The molecule has 2 aromatic rings. The van der Waals surface area contributed by atoms with Crippen LogP contribution in [0.15, 0.2) is 32.6 Å². The normalized spacial score (nSPS) is 17.4. The molecule has 1 aliphatic rings. The van der Waals surface area contributed by atoms with E-state index in [1.807, 2.05) is 17.0 Å². The number of benzene rings is 1. The monoisotopic (exact) mass is 453 g/mol. The molecule has 1 atom stereocenters. The maximum absolute atomic E-state index is 12.9. The number of carbonyl (C=O) groups excluding carboxylic acids is 1. The first-order valence-corrected chi connectivity index (χ1v) is 10.9. The van der Waals surface area contributed by atoms with Gasteiger partial charge in [0.2, 0.25) is 5.91 Å². The molecule has 3 rings (SSSR count). The minimum atomic E-state index is -0.111. The Balaban J connectivity index is 1.84. The molecule has 0 N–H and O–H groups in total. The summed E-state index contributed by atoms with van der Waals surface area (Å²) in [6, 6.07) is 5.46. The molecule has 1 aliphatic heterocycles. The van der Waals surface area contributed by atoms with Crippen molar-refractivity contribution < 1.29 is 9.53 Å². The Morgan fingerprint density at radius 1 is 1.44 bits per heavy atom. The number of likely N-dealkylation sites (tertiary alicyclic amines) is 1. The van der Waals surface area contributed by atoms with Gasteiger partial charge >= 0.3 is 0 Å². The second-order valence-corrected chi connectivity index (χ2v) is 8.74. The highest BCUT2D eigenvalue weighted by atomic mass is 79.9. The summed E-state index contributed by atoms with van der Waals surface area (Å²) in [5, 5.41) is 1.12. The van der Waals surface area contributed by atoms with Gasteiger partial charge in [0, 0.05) is 24.7 Å². The van der Waals surface area contributed by atoms with E-state index in [-0.39, 0.29) is 17.2 Å². The van der Waals surface area contributed by atoms with Gasteiger partial charge in [-0.25, -0.2) is 4.98 Å². The quantitative estimate of drug-likeness (QED) is 0.496. The molecule has 27 heavy (non-hydrogen) atoms. The number of thioether (sulfide) groups is 1. The van der Waals surface area contributed by atoms with Crippen molar-refractivity contribution in [2.24, 2.45) is 5.92 Å². The van der Waals surface area contributed by atoms with Crippen molar-refractivity contribution in [1.29, 1.82) is 0 Å². The Labute approximate surface area is 171 Å². The number of amides is 1. The van der Waals surface area contributed by atoms with Gasteiger partial charge in [-0.2, -0.15) is 0 Å². The van der Waals surface area contributed by atoms with Crippen LogP contribution in [0.2, 0.25) is 0 Å². The highest BCUT2D eigenvalue weighted by Gasteiger charge is 2.22. The van der Waals surface area contributed by atoms with Crippen LogP contribution in [0.5, 0.6) is 0 Å². The number of hydrogen-bond acceptors (Lipinski definition) is 5. The number of fused-ring (bicyclic) bond motifs is 1. The first-order valence-electron chi connectivity index (χ1n) is 9.09. The Bertz CT molecular complexity index is 886. The van der Waals surface area contributed by atoms with E-state index in [1.54, 1.807) is 17.7 Å². The Morgan fingerprint density at radius 2 is 2.26 bits per heavy atom. The standard InChI is InChI=1S/C19H24BrN3O3S/c1-13-4-3-7-22(11-13)17(24)12-27-19-21-16-6-5-14(20)10-15(16)18(25)23(19)8-9-26-2/h5-6,10,13H,3-4,7-9,11-12H2,1-2H3. The molecule has 1 fully saturated rings. The van der Waals surface area contributed by atoms with Crippen LogP contribution < -0.4 is 5.56 Å². The molecule has 0 saturated carbocycles. The maximum Gasteiger partial charge on any atom is 0.262 e. The number of halogens is 1. The molecular weight excluding hydrogens is 430 g/mol. The van der Waals surface area contributed by atoms with Gasteiger partial charge in [-0.1, -0.05) is 34.6 Å². The molecule has 6 nitrogen and oxygen atoms in total. The first-order chi connectivity index (χ1) is 13.0. The molecule has 1 amide bonds. The second kappa shape index (κ2) is 9.21. The summed E-state index contributed by atoms with van der Waals surface area (Å²) in [7, 11) is 1.60. The molecule has 1 unspecified atom stereocenters. The summed E-state index contributed by atoms with van der Waals surface area (Å²) in [6.45, 7) is 4.63. The lowest BCUT2D eigenvalue weighted by Gasteiger charge is -2.30. The van der Waals surface area contributed by atoms with Crippen LogP contribution in [-0.2, 0) is 16.1 Å². The van der Waals surface area contributed by atoms with Gasteiger partial charge in [0.15, 0.2) is 5.16 Å². The van der Waals surface area contributed by atoms with Crippen LogP contribution in [0.4, 0.5) is 0 Å². The minimum Gasteiger partial charge on any atom is -0.383 e. The number of nitrogens with zero attached hydrogens (tertiary/aromatic N) is 3. The van der Waals surface area contributed by atoms with E-state index in [2.05, 4.69) is 27.8 Å². The minimum absolute atomic E-state index is 0.106. The SMILES string of the molecule is COCCn1c(SCC(=O)N2CCCC(C)C2)nc2ccc(Br)cc2c1=O. The zero-order chi connectivity index (χ0) is 19.4. The number of ether oxygens (including phenoxy) is 1. The lowest BCUT2D eigenvalue weighted by Crippen LogP contribution is -2.40. The van der Waals surface area contributed by atoms with Crippen molar-refractivity contribution in [1.82, 2.24) is 14.5 Å². The molecule has 0 aliphatic carbocycles. The predicted molar refractivity (Wildman–Crippen MR) is 111 cm³/mol. The Morgan fingerprint density at radius 3 is 3.00 bits per heavy atom. The first kappa shape index (κ1) is 20.4. The summed E-state index contributed by atoms with van der Waals surface area (Å²) in [5.41, 5.74) is 0.526. The van der Waals surface area contributed by atoms with Crippen LogP contribution in [0.25, 0.3) is 10.9 Å². The summed E-state index contributed by atoms with van der Waals surface area (Å²) in [5.74, 6) is 0.938. The topological polar surface area (TPSA) is 64.4 Å². The molecule has 0 bridgehead atoms. The summed E-state index contributed by atoms with van der Waals surface area (Å²) >= 11 is 4.73. The molecule has 0 radical (unpaired) electrons.